The number of carbonyl (C=O) groups is 1. The summed E-state index contributed by atoms with van der Waals surface area (Å²) >= 11 is 0. The van der Waals surface area contributed by atoms with E-state index in [1.54, 1.807) is 36.3 Å². The number of anilines is 1. The van der Waals surface area contributed by atoms with Gasteiger partial charge in [-0.3, -0.25) is 9.78 Å². The molecular weight excluding hydrogens is 268 g/mol. The SMILES string of the molecule is Cn1nnnc1-c1ccc(NC(=O)c2ccncc2)cc1. The predicted molar refractivity (Wildman–Crippen MR) is 76.4 cm³/mol. The number of nitrogens with one attached hydrogen (secondary N) is 1. The van der Waals surface area contributed by atoms with E-state index in [1.165, 1.54) is 0 Å². The largest absolute Gasteiger partial charge is 0.322 e. The summed E-state index contributed by atoms with van der Waals surface area (Å²) in [5, 5.41) is 14.1. The third kappa shape index (κ3) is 2.76. The van der Waals surface area contributed by atoms with Crippen molar-refractivity contribution in [1.29, 1.82) is 0 Å². The summed E-state index contributed by atoms with van der Waals surface area (Å²) in [5.74, 6) is 0.493. The van der Waals surface area contributed by atoms with Crippen molar-refractivity contribution in [3.8, 4) is 11.4 Å². The minimum absolute atomic E-state index is 0.175. The molecule has 0 unspecified atom stereocenters. The molecule has 21 heavy (non-hydrogen) atoms. The van der Waals surface area contributed by atoms with Gasteiger partial charge in [-0.25, -0.2) is 4.68 Å². The number of hydrogen-bond acceptors (Lipinski definition) is 5. The summed E-state index contributed by atoms with van der Waals surface area (Å²) in [6.07, 6.45) is 3.16. The Morgan fingerprint density at radius 1 is 1.10 bits per heavy atom. The zero-order chi connectivity index (χ0) is 14.7. The van der Waals surface area contributed by atoms with Crippen LogP contribution in [0.25, 0.3) is 11.4 Å². The number of pyridine rings is 1. The summed E-state index contributed by atoms with van der Waals surface area (Å²) in [6.45, 7) is 0. The van der Waals surface area contributed by atoms with E-state index in [0.717, 1.165) is 5.56 Å². The fourth-order valence-corrected chi connectivity index (χ4v) is 1.88. The van der Waals surface area contributed by atoms with E-state index in [-0.39, 0.29) is 5.91 Å². The molecule has 0 bridgehead atoms. The Labute approximate surface area is 120 Å². The summed E-state index contributed by atoms with van der Waals surface area (Å²) in [5.41, 5.74) is 2.15. The Bertz CT molecular complexity index is 751. The van der Waals surface area contributed by atoms with Crippen LogP contribution < -0.4 is 5.32 Å². The van der Waals surface area contributed by atoms with Crippen LogP contribution >= 0.6 is 0 Å². The van der Waals surface area contributed by atoms with Crippen molar-refractivity contribution in [3.05, 3.63) is 54.4 Å². The van der Waals surface area contributed by atoms with Gasteiger partial charge in [0.15, 0.2) is 5.82 Å². The van der Waals surface area contributed by atoms with Gasteiger partial charge in [-0.15, -0.1) is 5.10 Å². The molecule has 0 fully saturated rings. The second kappa shape index (κ2) is 5.49. The van der Waals surface area contributed by atoms with Gasteiger partial charge in [-0.2, -0.15) is 0 Å². The van der Waals surface area contributed by atoms with Crippen LogP contribution in [0.3, 0.4) is 0 Å². The van der Waals surface area contributed by atoms with Gasteiger partial charge in [0.05, 0.1) is 0 Å². The molecule has 0 aliphatic carbocycles. The Kier molecular flexibility index (Phi) is 3.38. The van der Waals surface area contributed by atoms with Crippen molar-refractivity contribution >= 4 is 11.6 Å². The number of tetrazole rings is 1. The molecule has 104 valence electrons. The van der Waals surface area contributed by atoms with Crippen LogP contribution in [0.5, 0.6) is 0 Å². The zero-order valence-corrected chi connectivity index (χ0v) is 11.3. The van der Waals surface area contributed by atoms with Crippen molar-refractivity contribution in [1.82, 2.24) is 25.2 Å². The molecule has 0 atom stereocenters. The van der Waals surface area contributed by atoms with Crippen LogP contribution in [0, 0.1) is 0 Å². The topological polar surface area (TPSA) is 85.6 Å². The first-order valence-corrected chi connectivity index (χ1v) is 6.28. The monoisotopic (exact) mass is 280 g/mol. The number of amides is 1. The molecule has 7 nitrogen and oxygen atoms in total. The van der Waals surface area contributed by atoms with Gasteiger partial charge in [0, 0.05) is 36.3 Å². The number of aromatic nitrogens is 5. The van der Waals surface area contributed by atoms with Crippen LogP contribution in [0.2, 0.25) is 0 Å². The fourth-order valence-electron chi connectivity index (χ4n) is 1.88. The lowest BCUT2D eigenvalue weighted by Gasteiger charge is -2.06. The first kappa shape index (κ1) is 12.9. The molecule has 3 aromatic rings. The molecule has 0 saturated heterocycles. The van der Waals surface area contributed by atoms with Crippen molar-refractivity contribution in [2.45, 2.75) is 0 Å². The van der Waals surface area contributed by atoms with Crippen LogP contribution in [0.1, 0.15) is 10.4 Å². The molecule has 0 aliphatic rings. The molecule has 1 N–H and O–H groups in total. The Morgan fingerprint density at radius 2 is 1.81 bits per heavy atom. The smallest absolute Gasteiger partial charge is 0.255 e. The summed E-state index contributed by atoms with van der Waals surface area (Å²) in [4.78, 5) is 15.9. The molecule has 1 aromatic carbocycles. The fraction of sp³-hybridized carbons (Fsp3) is 0.0714. The average Bonchev–Trinajstić information content (AvgIpc) is 2.95. The van der Waals surface area contributed by atoms with E-state index in [9.17, 15) is 4.79 Å². The molecule has 0 spiro atoms. The van der Waals surface area contributed by atoms with Crippen molar-refractivity contribution < 1.29 is 4.79 Å². The number of carbonyl (C=O) groups excluding carboxylic acids is 1. The van der Waals surface area contributed by atoms with Gasteiger partial charge in [-0.1, -0.05) is 0 Å². The average molecular weight is 280 g/mol. The van der Waals surface area contributed by atoms with E-state index in [4.69, 9.17) is 0 Å². The van der Waals surface area contributed by atoms with Gasteiger partial charge in [-0.05, 0) is 46.8 Å². The normalized spacial score (nSPS) is 10.3. The first-order valence-electron chi connectivity index (χ1n) is 6.28. The van der Waals surface area contributed by atoms with Gasteiger partial charge in [0.1, 0.15) is 0 Å². The lowest BCUT2D eigenvalue weighted by molar-refractivity contribution is 0.102. The molecule has 2 aromatic heterocycles. The number of hydrogen-bond donors (Lipinski definition) is 1. The van der Waals surface area contributed by atoms with E-state index >= 15 is 0 Å². The van der Waals surface area contributed by atoms with Crippen LogP contribution in [0.15, 0.2) is 48.8 Å². The highest BCUT2D eigenvalue weighted by molar-refractivity contribution is 6.04. The highest BCUT2D eigenvalue weighted by Crippen LogP contribution is 2.18. The molecule has 0 saturated carbocycles. The zero-order valence-electron chi connectivity index (χ0n) is 11.3. The van der Waals surface area contributed by atoms with E-state index < -0.39 is 0 Å². The maximum absolute atomic E-state index is 12.0. The number of benzene rings is 1. The molecule has 0 aliphatic heterocycles. The molecule has 2 heterocycles. The molecule has 0 radical (unpaired) electrons. The van der Waals surface area contributed by atoms with Gasteiger partial charge >= 0.3 is 0 Å². The number of aryl methyl sites for hydroxylation is 1. The number of rotatable bonds is 3. The minimum atomic E-state index is -0.175. The Hall–Kier alpha value is -3.09. The Morgan fingerprint density at radius 3 is 2.43 bits per heavy atom. The standard InChI is InChI=1S/C14H12N6O/c1-20-13(17-18-19-20)10-2-4-12(5-3-10)16-14(21)11-6-8-15-9-7-11/h2-9H,1H3,(H,16,21). The third-order valence-electron chi connectivity index (χ3n) is 2.96. The predicted octanol–water partition coefficient (Wildman–Crippen LogP) is 1.52. The van der Waals surface area contributed by atoms with Crippen LogP contribution in [0.4, 0.5) is 5.69 Å². The quantitative estimate of drug-likeness (QED) is 0.786. The molecule has 1 amide bonds. The second-order valence-electron chi connectivity index (χ2n) is 4.39. The molecule has 3 rings (SSSR count). The Balaban J connectivity index is 1.76. The molecule has 7 heteroatoms. The van der Waals surface area contributed by atoms with Crippen molar-refractivity contribution in [2.24, 2.45) is 7.05 Å². The summed E-state index contributed by atoms with van der Waals surface area (Å²) in [6, 6.07) is 10.7. The van der Waals surface area contributed by atoms with E-state index in [0.29, 0.717) is 17.1 Å². The lowest BCUT2D eigenvalue weighted by atomic mass is 10.2. The highest BCUT2D eigenvalue weighted by Gasteiger charge is 2.08. The van der Waals surface area contributed by atoms with Gasteiger partial charge < -0.3 is 5.32 Å². The van der Waals surface area contributed by atoms with Crippen LogP contribution in [-0.4, -0.2) is 31.1 Å². The third-order valence-corrected chi connectivity index (χ3v) is 2.96. The van der Waals surface area contributed by atoms with E-state index in [1.807, 2.05) is 24.3 Å². The molecular formula is C14H12N6O. The minimum Gasteiger partial charge on any atom is -0.322 e. The summed E-state index contributed by atoms with van der Waals surface area (Å²) < 4.78 is 1.59. The van der Waals surface area contributed by atoms with E-state index in [2.05, 4.69) is 25.8 Å². The van der Waals surface area contributed by atoms with Gasteiger partial charge in [0.25, 0.3) is 5.91 Å². The maximum atomic E-state index is 12.0. The number of nitrogens with zero attached hydrogens (tertiary/aromatic N) is 5. The maximum Gasteiger partial charge on any atom is 0.255 e. The first-order chi connectivity index (χ1) is 10.2. The summed E-state index contributed by atoms with van der Waals surface area (Å²) in [7, 11) is 1.77. The highest BCUT2D eigenvalue weighted by atomic mass is 16.1. The second-order valence-corrected chi connectivity index (χ2v) is 4.39. The van der Waals surface area contributed by atoms with Crippen molar-refractivity contribution in [2.75, 3.05) is 5.32 Å². The lowest BCUT2D eigenvalue weighted by Crippen LogP contribution is -2.11. The van der Waals surface area contributed by atoms with Gasteiger partial charge in [0.2, 0.25) is 0 Å². The van der Waals surface area contributed by atoms with Crippen LogP contribution in [-0.2, 0) is 7.05 Å². The van der Waals surface area contributed by atoms with Crippen molar-refractivity contribution in [3.63, 3.8) is 0 Å².